The van der Waals surface area contributed by atoms with Crippen LogP contribution in [-0.2, 0) is 24.5 Å². The molecule has 1 N–H and O–H groups in total. The fraction of sp³-hybridized carbons (Fsp3) is 0.634. The van der Waals surface area contributed by atoms with Crippen molar-refractivity contribution < 1.29 is 23.7 Å². The van der Waals surface area contributed by atoms with E-state index in [1.54, 1.807) is 0 Å². The molecule has 3 aromatic rings. The molecule has 0 spiro atoms. The molecule has 1 aliphatic carbocycles. The number of hydrogen-bond donors (Lipinski definition) is 1. The largest absolute Gasteiger partial charge is 0.444 e. The number of aromatic nitrogens is 2. The second kappa shape index (κ2) is 16.0. The number of hydrogen-bond acceptors (Lipinski definition) is 9. The van der Waals surface area contributed by atoms with E-state index in [0.29, 0.717) is 12.5 Å². The van der Waals surface area contributed by atoms with Gasteiger partial charge in [0.1, 0.15) is 5.60 Å². The molecule has 10 nitrogen and oxygen atoms in total. The summed E-state index contributed by atoms with van der Waals surface area (Å²) in [5.41, 5.74) is 1.19. The van der Waals surface area contributed by atoms with E-state index in [2.05, 4.69) is 93.2 Å². The maximum atomic E-state index is 12.5. The third kappa shape index (κ3) is 9.37. The third-order valence-electron chi connectivity index (χ3n) is 10.9. The molecule has 0 radical (unpaired) electrons. The summed E-state index contributed by atoms with van der Waals surface area (Å²) in [6.07, 6.45) is 8.71. The zero-order valence-corrected chi connectivity index (χ0v) is 33.5. The number of benzene rings is 2. The summed E-state index contributed by atoms with van der Waals surface area (Å²) in [5.74, 6) is 1.36. The molecule has 2 atom stereocenters. The first-order valence-electron chi connectivity index (χ1n) is 19.4. The summed E-state index contributed by atoms with van der Waals surface area (Å²) in [6.45, 7) is 13.7. The number of halogens is 1. The van der Waals surface area contributed by atoms with Gasteiger partial charge in [0.25, 0.3) is 0 Å². The van der Waals surface area contributed by atoms with Gasteiger partial charge in [-0.05, 0) is 138 Å². The highest BCUT2D eigenvalue weighted by Gasteiger charge is 2.45. The molecule has 1 amide bonds. The summed E-state index contributed by atoms with van der Waals surface area (Å²) in [5, 5.41) is 4.15. The van der Waals surface area contributed by atoms with Gasteiger partial charge in [-0.1, -0.05) is 30.3 Å². The summed E-state index contributed by atoms with van der Waals surface area (Å²) in [6, 6.07) is 17.0. The van der Waals surface area contributed by atoms with E-state index in [0.717, 1.165) is 129 Å². The minimum atomic E-state index is -0.914. The van der Waals surface area contributed by atoms with Crippen molar-refractivity contribution in [1.82, 2.24) is 20.2 Å². The van der Waals surface area contributed by atoms with E-state index in [9.17, 15) is 4.79 Å². The van der Waals surface area contributed by atoms with Gasteiger partial charge in [0, 0.05) is 53.8 Å². The Labute approximate surface area is 322 Å². The summed E-state index contributed by atoms with van der Waals surface area (Å²) in [7, 11) is 0. The molecule has 7 rings (SSSR count). The van der Waals surface area contributed by atoms with E-state index in [1.165, 1.54) is 0 Å². The van der Waals surface area contributed by atoms with Crippen LogP contribution in [0, 0.1) is 9.49 Å². The van der Waals surface area contributed by atoms with Crippen molar-refractivity contribution >= 4 is 45.5 Å². The van der Waals surface area contributed by atoms with Crippen LogP contribution in [0.5, 0.6) is 0 Å². The Morgan fingerprint density at radius 3 is 2.40 bits per heavy atom. The summed E-state index contributed by atoms with van der Waals surface area (Å²) < 4.78 is 26.5. The van der Waals surface area contributed by atoms with Crippen LogP contribution < -0.4 is 10.2 Å². The highest BCUT2D eigenvalue weighted by atomic mass is 127. The number of nitrogens with one attached hydrogen (secondary N) is 1. The molecule has 3 saturated heterocycles. The van der Waals surface area contributed by atoms with Crippen LogP contribution in [0.4, 0.5) is 10.7 Å². The van der Waals surface area contributed by atoms with Gasteiger partial charge in [-0.25, -0.2) is 14.8 Å². The first kappa shape index (κ1) is 37.7. The van der Waals surface area contributed by atoms with Crippen LogP contribution in [0.25, 0.3) is 10.9 Å². The lowest BCUT2D eigenvalue weighted by atomic mass is 9.87. The monoisotopic (exact) mass is 825 g/mol. The van der Waals surface area contributed by atoms with Gasteiger partial charge in [-0.15, -0.1) is 0 Å². The maximum Gasteiger partial charge on any atom is 0.408 e. The number of piperidine rings is 2. The number of carbonyl (C=O) groups excluding carboxylic acids is 1. The van der Waals surface area contributed by atoms with Crippen LogP contribution in [0.15, 0.2) is 48.5 Å². The minimum Gasteiger partial charge on any atom is -0.444 e. The minimum absolute atomic E-state index is 0.156. The molecule has 0 bridgehead atoms. The molecule has 11 heteroatoms. The van der Waals surface area contributed by atoms with Gasteiger partial charge >= 0.3 is 6.09 Å². The predicted molar refractivity (Wildman–Crippen MR) is 212 cm³/mol. The van der Waals surface area contributed by atoms with Crippen LogP contribution in [0.1, 0.15) is 96.7 Å². The molecule has 2 aromatic carbocycles. The van der Waals surface area contributed by atoms with E-state index in [-0.39, 0.29) is 24.0 Å². The molecule has 1 aromatic heterocycles. The summed E-state index contributed by atoms with van der Waals surface area (Å²) in [4.78, 5) is 28.1. The maximum absolute atomic E-state index is 12.5. The highest BCUT2D eigenvalue weighted by Crippen LogP contribution is 2.43. The number of ether oxygens (including phenoxy) is 4. The van der Waals surface area contributed by atoms with Crippen LogP contribution in [0.2, 0.25) is 0 Å². The Kier molecular flexibility index (Phi) is 11.6. The number of alkyl carbamates (subject to hydrolysis) is 1. The Morgan fingerprint density at radius 1 is 0.981 bits per heavy atom. The lowest BCUT2D eigenvalue weighted by molar-refractivity contribution is -0.197. The Balaban J connectivity index is 1.09. The van der Waals surface area contributed by atoms with E-state index in [4.69, 9.17) is 28.9 Å². The van der Waals surface area contributed by atoms with Crippen LogP contribution in [0.3, 0.4) is 0 Å². The van der Waals surface area contributed by atoms with Crippen molar-refractivity contribution in [3.63, 3.8) is 0 Å². The first-order valence-corrected chi connectivity index (χ1v) is 20.5. The SMILES string of the molecule is CC1(NC(=O)OC(C)(C)C)CCN(CC2CCN(c3nc(C(COC4CCCCO4)(OC4CC4)c4ccccc4)c4cc(I)ccc4n3)CC2)CC1. The number of likely N-dealkylation sites (tertiary alicyclic amines) is 1. The number of fused-ring (bicyclic) bond motifs is 1. The normalized spacial score (nSPS) is 22.9. The Bertz CT molecular complexity index is 1660. The average molecular weight is 826 g/mol. The molecule has 4 aliphatic rings. The van der Waals surface area contributed by atoms with Crippen molar-refractivity contribution in [1.29, 1.82) is 0 Å². The molecular weight excluding hydrogens is 769 g/mol. The van der Waals surface area contributed by atoms with Crippen molar-refractivity contribution in [3.8, 4) is 0 Å². The Hall–Kier alpha value is -2.58. The second-order valence-electron chi connectivity index (χ2n) is 16.6. The van der Waals surface area contributed by atoms with E-state index < -0.39 is 11.2 Å². The Morgan fingerprint density at radius 2 is 1.73 bits per heavy atom. The van der Waals surface area contributed by atoms with Crippen LogP contribution in [-0.4, -0.2) is 90.4 Å². The smallest absolute Gasteiger partial charge is 0.408 e. The second-order valence-corrected chi connectivity index (χ2v) is 17.8. The van der Waals surface area contributed by atoms with Crippen molar-refractivity contribution in [3.05, 3.63) is 63.4 Å². The first-order chi connectivity index (χ1) is 25.0. The van der Waals surface area contributed by atoms with Gasteiger partial charge < -0.3 is 34.1 Å². The van der Waals surface area contributed by atoms with Gasteiger partial charge in [0.05, 0.1) is 23.9 Å². The summed E-state index contributed by atoms with van der Waals surface area (Å²) >= 11 is 2.38. The van der Waals surface area contributed by atoms with Gasteiger partial charge in [0.15, 0.2) is 11.9 Å². The molecule has 4 heterocycles. The predicted octanol–water partition coefficient (Wildman–Crippen LogP) is 7.80. The lowest BCUT2D eigenvalue weighted by Crippen LogP contribution is -2.55. The molecule has 2 unspecified atom stereocenters. The molecule has 282 valence electrons. The fourth-order valence-electron chi connectivity index (χ4n) is 7.80. The third-order valence-corrected chi connectivity index (χ3v) is 11.6. The molecule has 52 heavy (non-hydrogen) atoms. The van der Waals surface area contributed by atoms with E-state index >= 15 is 0 Å². The van der Waals surface area contributed by atoms with Crippen molar-refractivity contribution in [2.45, 2.75) is 115 Å². The number of anilines is 1. The number of amides is 1. The molecular formula is C41H56IN5O5. The van der Waals surface area contributed by atoms with Crippen molar-refractivity contribution in [2.75, 3.05) is 50.8 Å². The number of rotatable bonds is 11. The fourth-order valence-corrected chi connectivity index (χ4v) is 8.29. The quantitative estimate of drug-likeness (QED) is 0.195. The van der Waals surface area contributed by atoms with Crippen molar-refractivity contribution in [2.24, 2.45) is 5.92 Å². The zero-order chi connectivity index (χ0) is 36.3. The number of nitrogens with zero attached hydrogens (tertiary/aromatic N) is 4. The molecule has 3 aliphatic heterocycles. The number of carbonyl (C=O) groups is 1. The average Bonchev–Trinajstić information content (AvgIpc) is 3.95. The zero-order valence-electron chi connectivity index (χ0n) is 31.4. The molecule has 4 fully saturated rings. The van der Waals surface area contributed by atoms with E-state index in [1.807, 2.05) is 20.8 Å². The topological polar surface area (TPSA) is 98.3 Å². The lowest BCUT2D eigenvalue weighted by Gasteiger charge is -2.42. The van der Waals surface area contributed by atoms with Crippen LogP contribution >= 0.6 is 22.6 Å². The molecule has 1 saturated carbocycles. The van der Waals surface area contributed by atoms with Gasteiger partial charge in [-0.3, -0.25) is 0 Å². The standard InChI is InChI=1S/C41H56IN5O5/c1-39(2,3)52-38(48)45-40(4)19-23-46(24-20-40)27-29-17-21-47(22-18-29)37-43-34-16-13-31(42)26-33(34)36(44-37)41(51-32-14-15-32,30-10-6-5-7-11-30)28-50-35-12-8-9-25-49-35/h5-7,10-11,13,16,26,29,32,35H,8-9,12,14-15,17-25,27-28H2,1-4H3,(H,45,48). The highest BCUT2D eigenvalue weighted by molar-refractivity contribution is 14.1. The van der Waals surface area contributed by atoms with Gasteiger partial charge in [-0.2, -0.15) is 0 Å². The van der Waals surface area contributed by atoms with Gasteiger partial charge in [0.2, 0.25) is 5.95 Å².